The van der Waals surface area contributed by atoms with Crippen LogP contribution in [-0.2, 0) is 30.6 Å². The molecule has 0 fully saturated rings. The van der Waals surface area contributed by atoms with E-state index < -0.39 is 6.10 Å². The molecule has 2 heterocycles. The van der Waals surface area contributed by atoms with Crippen LogP contribution in [0.15, 0.2) is 30.6 Å². The number of nitrogens with zero attached hydrogens (tertiary/aromatic N) is 2. The molecule has 0 saturated carbocycles. The number of ether oxygens (including phenoxy) is 1. The summed E-state index contributed by atoms with van der Waals surface area (Å²) in [4.78, 5) is 16.8. The molecular formula is C19H23N3O2. The van der Waals surface area contributed by atoms with Crippen LogP contribution in [0.25, 0.3) is 0 Å². The summed E-state index contributed by atoms with van der Waals surface area (Å²) in [6.07, 6.45) is 8.61. The maximum atomic E-state index is 12.4. The monoisotopic (exact) mass is 325 g/mol. The van der Waals surface area contributed by atoms with Crippen molar-refractivity contribution in [3.63, 3.8) is 0 Å². The number of carbonyl (C=O) groups is 1. The zero-order valence-corrected chi connectivity index (χ0v) is 14.0. The van der Waals surface area contributed by atoms with Crippen molar-refractivity contribution >= 4 is 5.91 Å². The first-order valence-electron chi connectivity index (χ1n) is 8.78. The molecule has 2 atom stereocenters. The number of rotatable bonds is 4. The van der Waals surface area contributed by atoms with Crippen LogP contribution in [0.4, 0.5) is 0 Å². The van der Waals surface area contributed by atoms with Crippen molar-refractivity contribution in [3.8, 4) is 5.75 Å². The van der Waals surface area contributed by atoms with Gasteiger partial charge in [-0.25, -0.2) is 4.98 Å². The van der Waals surface area contributed by atoms with Gasteiger partial charge in [0.25, 0.3) is 5.91 Å². The van der Waals surface area contributed by atoms with Gasteiger partial charge in [-0.15, -0.1) is 0 Å². The molecule has 5 nitrogen and oxygen atoms in total. The highest BCUT2D eigenvalue weighted by molar-refractivity contribution is 5.81. The van der Waals surface area contributed by atoms with E-state index in [9.17, 15) is 4.79 Å². The number of nitrogens with one attached hydrogen (secondary N) is 1. The second-order valence-corrected chi connectivity index (χ2v) is 6.78. The zero-order chi connectivity index (χ0) is 16.5. The maximum Gasteiger partial charge on any atom is 0.261 e. The van der Waals surface area contributed by atoms with Gasteiger partial charge in [0, 0.05) is 31.4 Å². The van der Waals surface area contributed by atoms with E-state index in [1.807, 2.05) is 25.4 Å². The Kier molecular flexibility index (Phi) is 4.00. The summed E-state index contributed by atoms with van der Waals surface area (Å²) in [6, 6.07) is 6.34. The third-order valence-electron chi connectivity index (χ3n) is 5.03. The van der Waals surface area contributed by atoms with Crippen molar-refractivity contribution < 1.29 is 9.53 Å². The largest absolute Gasteiger partial charge is 0.481 e. The summed E-state index contributed by atoms with van der Waals surface area (Å²) in [5.41, 5.74) is 2.78. The predicted molar refractivity (Wildman–Crippen MR) is 91.0 cm³/mol. The van der Waals surface area contributed by atoms with Gasteiger partial charge in [0.15, 0.2) is 6.10 Å². The highest BCUT2D eigenvalue weighted by Gasteiger charge is 2.23. The molecule has 0 saturated heterocycles. The SMILES string of the molecule is C[C@@H](Oc1ccc2c(c1)CCC2)C(=O)N[C@H]1CCc2nccn2C1. The molecule has 1 aliphatic heterocycles. The Labute approximate surface area is 142 Å². The summed E-state index contributed by atoms with van der Waals surface area (Å²) < 4.78 is 7.98. The Morgan fingerprint density at radius 2 is 2.21 bits per heavy atom. The third-order valence-corrected chi connectivity index (χ3v) is 5.03. The third kappa shape index (κ3) is 3.03. The highest BCUT2D eigenvalue weighted by Crippen LogP contribution is 2.26. The van der Waals surface area contributed by atoms with Crippen LogP contribution in [-0.4, -0.2) is 27.6 Å². The Morgan fingerprint density at radius 1 is 1.33 bits per heavy atom. The summed E-state index contributed by atoms with van der Waals surface area (Å²) in [5.74, 6) is 1.84. The fourth-order valence-corrected chi connectivity index (χ4v) is 3.68. The standard InChI is InChI=1S/C19H23N3O2/c1-13(24-17-7-5-14-3-2-4-15(14)11-17)19(23)21-16-6-8-18-20-9-10-22(18)12-16/h5,7,9-11,13,16H,2-4,6,8,12H2,1H3,(H,21,23)/t13-,16+/m1/s1. The van der Waals surface area contributed by atoms with E-state index in [0.717, 1.165) is 43.8 Å². The molecule has 0 unspecified atom stereocenters. The van der Waals surface area contributed by atoms with E-state index in [1.165, 1.54) is 17.5 Å². The first-order chi connectivity index (χ1) is 11.7. The number of hydrogen-bond acceptors (Lipinski definition) is 3. The van der Waals surface area contributed by atoms with E-state index in [0.29, 0.717) is 0 Å². The van der Waals surface area contributed by atoms with Crippen molar-refractivity contribution in [2.75, 3.05) is 0 Å². The summed E-state index contributed by atoms with van der Waals surface area (Å²) in [6.45, 7) is 2.60. The molecule has 2 aliphatic rings. The summed E-state index contributed by atoms with van der Waals surface area (Å²) in [5, 5.41) is 3.11. The van der Waals surface area contributed by atoms with Crippen molar-refractivity contribution in [3.05, 3.63) is 47.5 Å². The molecule has 2 aromatic rings. The number of amides is 1. The number of aryl methyl sites for hydroxylation is 3. The molecule has 0 spiro atoms. The van der Waals surface area contributed by atoms with Crippen molar-refractivity contribution in [2.24, 2.45) is 0 Å². The van der Waals surface area contributed by atoms with Crippen LogP contribution in [0.3, 0.4) is 0 Å². The van der Waals surface area contributed by atoms with E-state index >= 15 is 0 Å². The minimum atomic E-state index is -0.492. The number of fused-ring (bicyclic) bond motifs is 2. The molecule has 1 aromatic carbocycles. The molecule has 1 N–H and O–H groups in total. The molecule has 5 heteroatoms. The van der Waals surface area contributed by atoms with Gasteiger partial charge < -0.3 is 14.6 Å². The lowest BCUT2D eigenvalue weighted by Crippen LogP contribution is -2.46. The number of hydrogen-bond donors (Lipinski definition) is 1. The van der Waals surface area contributed by atoms with E-state index in [1.54, 1.807) is 0 Å². The lowest BCUT2D eigenvalue weighted by Gasteiger charge is -2.26. The van der Waals surface area contributed by atoms with Gasteiger partial charge in [0.1, 0.15) is 11.6 Å². The molecule has 1 aliphatic carbocycles. The van der Waals surface area contributed by atoms with Crippen LogP contribution >= 0.6 is 0 Å². The minimum Gasteiger partial charge on any atom is -0.481 e. The fraction of sp³-hybridized carbons (Fsp3) is 0.474. The van der Waals surface area contributed by atoms with E-state index in [-0.39, 0.29) is 11.9 Å². The van der Waals surface area contributed by atoms with Crippen molar-refractivity contribution in [1.29, 1.82) is 0 Å². The van der Waals surface area contributed by atoms with Gasteiger partial charge in [-0.3, -0.25) is 4.79 Å². The average molecular weight is 325 g/mol. The summed E-state index contributed by atoms with van der Waals surface area (Å²) >= 11 is 0. The highest BCUT2D eigenvalue weighted by atomic mass is 16.5. The topological polar surface area (TPSA) is 56.1 Å². The van der Waals surface area contributed by atoms with Gasteiger partial charge in [0.2, 0.25) is 0 Å². The number of aromatic nitrogens is 2. The molecule has 24 heavy (non-hydrogen) atoms. The molecule has 0 bridgehead atoms. The predicted octanol–water partition coefficient (Wildman–Crippen LogP) is 2.27. The molecule has 0 radical (unpaired) electrons. The molecule has 1 aromatic heterocycles. The van der Waals surface area contributed by atoms with Crippen molar-refractivity contribution in [2.45, 2.75) is 57.7 Å². The zero-order valence-electron chi connectivity index (χ0n) is 14.0. The molecular weight excluding hydrogens is 302 g/mol. The first kappa shape index (κ1) is 15.2. The van der Waals surface area contributed by atoms with Gasteiger partial charge >= 0.3 is 0 Å². The second-order valence-electron chi connectivity index (χ2n) is 6.78. The summed E-state index contributed by atoms with van der Waals surface area (Å²) in [7, 11) is 0. The van der Waals surface area contributed by atoms with Crippen LogP contribution in [0.2, 0.25) is 0 Å². The Hall–Kier alpha value is -2.30. The lowest BCUT2D eigenvalue weighted by atomic mass is 10.1. The molecule has 1 amide bonds. The van der Waals surface area contributed by atoms with Gasteiger partial charge in [-0.2, -0.15) is 0 Å². The van der Waals surface area contributed by atoms with Crippen LogP contribution in [0, 0.1) is 0 Å². The van der Waals surface area contributed by atoms with Gasteiger partial charge in [-0.1, -0.05) is 6.07 Å². The van der Waals surface area contributed by atoms with Crippen LogP contribution in [0.1, 0.15) is 36.7 Å². The lowest BCUT2D eigenvalue weighted by molar-refractivity contribution is -0.128. The number of imidazole rings is 1. The molecule has 4 rings (SSSR count). The average Bonchev–Trinajstić information content (AvgIpc) is 3.22. The smallest absolute Gasteiger partial charge is 0.261 e. The maximum absolute atomic E-state index is 12.4. The fourth-order valence-electron chi connectivity index (χ4n) is 3.68. The van der Waals surface area contributed by atoms with E-state index in [2.05, 4.69) is 27.0 Å². The number of benzene rings is 1. The Bertz CT molecular complexity index is 753. The Morgan fingerprint density at radius 3 is 3.12 bits per heavy atom. The van der Waals surface area contributed by atoms with E-state index in [4.69, 9.17) is 4.74 Å². The van der Waals surface area contributed by atoms with Crippen molar-refractivity contribution in [1.82, 2.24) is 14.9 Å². The first-order valence-corrected chi connectivity index (χ1v) is 8.78. The minimum absolute atomic E-state index is 0.0518. The van der Waals surface area contributed by atoms with Gasteiger partial charge in [0.05, 0.1) is 0 Å². The van der Waals surface area contributed by atoms with Crippen LogP contribution in [0.5, 0.6) is 5.75 Å². The normalized spacial score (nSPS) is 20.1. The Balaban J connectivity index is 1.35. The van der Waals surface area contributed by atoms with Gasteiger partial charge in [-0.05, 0) is 55.9 Å². The van der Waals surface area contributed by atoms with Crippen LogP contribution < -0.4 is 10.1 Å². The molecule has 126 valence electrons. The quantitative estimate of drug-likeness (QED) is 0.938. The number of carbonyl (C=O) groups excluding carboxylic acids is 1. The second kappa shape index (κ2) is 6.30.